The molecule has 4 aromatic rings. The molecular weight excluding hydrogens is 424 g/mol. The number of H-pyrrole nitrogens is 2. The van der Waals surface area contributed by atoms with Crippen LogP contribution in [0.25, 0.3) is 33.6 Å². The zero-order chi connectivity index (χ0) is 23.1. The van der Waals surface area contributed by atoms with Gasteiger partial charge in [-0.3, -0.25) is 0 Å². The van der Waals surface area contributed by atoms with E-state index in [2.05, 4.69) is 86.0 Å². The summed E-state index contributed by atoms with van der Waals surface area (Å²) in [6, 6.07) is 17.6. The molecule has 4 heterocycles. The van der Waals surface area contributed by atoms with Crippen LogP contribution in [0.4, 0.5) is 0 Å². The maximum atomic E-state index is 9.75. The van der Waals surface area contributed by atoms with E-state index in [-0.39, 0.29) is 12.1 Å². The largest absolute Gasteiger partial charge is 0.392 e. The molecule has 7 nitrogen and oxygen atoms in total. The van der Waals surface area contributed by atoms with Gasteiger partial charge in [0.2, 0.25) is 0 Å². The number of nitrogens with one attached hydrogen (secondary N) is 4. The molecule has 0 spiro atoms. The third-order valence-electron chi connectivity index (χ3n) is 7.03. The van der Waals surface area contributed by atoms with Crippen LogP contribution in [0.2, 0.25) is 0 Å². The molecule has 4 atom stereocenters. The summed E-state index contributed by atoms with van der Waals surface area (Å²) in [6.07, 6.45) is 5.32. The Bertz CT molecular complexity index is 1160. The molecule has 0 bridgehead atoms. The quantitative estimate of drug-likeness (QED) is 0.311. The summed E-state index contributed by atoms with van der Waals surface area (Å²) >= 11 is 0. The van der Waals surface area contributed by atoms with Gasteiger partial charge in [0.1, 0.15) is 11.6 Å². The van der Waals surface area contributed by atoms with E-state index >= 15 is 0 Å². The number of hydrogen-bond donors (Lipinski definition) is 5. The Kier molecular flexibility index (Phi) is 5.53. The van der Waals surface area contributed by atoms with Crippen LogP contribution in [0.5, 0.6) is 0 Å². The Hall–Kier alpha value is -3.26. The van der Waals surface area contributed by atoms with Crippen molar-refractivity contribution in [2.75, 3.05) is 13.1 Å². The fourth-order valence-corrected chi connectivity index (χ4v) is 5.05. The molecule has 0 radical (unpaired) electrons. The monoisotopic (exact) mass is 454 g/mol. The van der Waals surface area contributed by atoms with E-state index in [1.165, 1.54) is 11.1 Å². The average molecular weight is 455 g/mol. The summed E-state index contributed by atoms with van der Waals surface area (Å²) in [7, 11) is 0. The minimum atomic E-state index is -0.298. The number of imidazole rings is 2. The Labute approximate surface area is 199 Å². The standard InChI is InChI=1S/C27H30N6O/c1-16-10-22(28-12-16)26-30-14-24(32-26)19-6-2-17(3-7-19)18-4-8-20(9-5-18)25-15-31-27(33-25)23-11-21(34)13-29-23/h2-9,14-16,21-23,28-29,34H,10-13H2,1H3,(H,30,32)(H,31,33)/t16-,21-,22-,23-/m0/s1. The molecule has 2 aromatic heterocycles. The molecule has 2 saturated heterocycles. The van der Waals surface area contributed by atoms with E-state index in [0.717, 1.165) is 47.1 Å². The highest BCUT2D eigenvalue weighted by Gasteiger charge is 2.26. The average Bonchev–Trinajstić information content (AvgIpc) is 3.66. The van der Waals surface area contributed by atoms with Crippen molar-refractivity contribution in [3.8, 4) is 33.6 Å². The van der Waals surface area contributed by atoms with E-state index < -0.39 is 0 Å². The van der Waals surface area contributed by atoms with Gasteiger partial charge in [-0.2, -0.15) is 0 Å². The molecule has 2 fully saturated rings. The second-order valence-electron chi connectivity index (χ2n) is 9.67. The van der Waals surface area contributed by atoms with Crippen molar-refractivity contribution in [3.05, 3.63) is 72.6 Å². The first-order chi connectivity index (χ1) is 16.6. The van der Waals surface area contributed by atoms with Gasteiger partial charge in [-0.1, -0.05) is 55.5 Å². The van der Waals surface area contributed by atoms with Crippen LogP contribution in [0.1, 0.15) is 43.5 Å². The van der Waals surface area contributed by atoms with Crippen LogP contribution in [-0.4, -0.2) is 44.2 Å². The van der Waals surface area contributed by atoms with Gasteiger partial charge in [0.05, 0.1) is 42.0 Å². The highest BCUT2D eigenvalue weighted by molar-refractivity contribution is 5.71. The van der Waals surface area contributed by atoms with Crippen LogP contribution in [0.15, 0.2) is 60.9 Å². The van der Waals surface area contributed by atoms with E-state index in [9.17, 15) is 5.11 Å². The lowest BCUT2D eigenvalue weighted by atomic mass is 10.0. The summed E-state index contributed by atoms with van der Waals surface area (Å²) in [5, 5.41) is 16.6. The molecule has 7 heteroatoms. The highest BCUT2D eigenvalue weighted by atomic mass is 16.3. The zero-order valence-corrected chi connectivity index (χ0v) is 19.3. The van der Waals surface area contributed by atoms with Crippen molar-refractivity contribution in [2.24, 2.45) is 5.92 Å². The first-order valence-corrected chi connectivity index (χ1v) is 12.1. The maximum absolute atomic E-state index is 9.75. The van der Waals surface area contributed by atoms with Gasteiger partial charge in [-0.25, -0.2) is 9.97 Å². The third-order valence-corrected chi connectivity index (χ3v) is 7.03. The fourth-order valence-electron chi connectivity index (χ4n) is 5.05. The number of β-amino-alcohol motifs (C(OH)–C–C–N with tert-alkyl or cyclic N) is 1. The van der Waals surface area contributed by atoms with E-state index in [1.807, 2.05) is 12.4 Å². The summed E-state index contributed by atoms with van der Waals surface area (Å²) in [4.78, 5) is 16.0. The van der Waals surface area contributed by atoms with Gasteiger partial charge < -0.3 is 25.7 Å². The van der Waals surface area contributed by atoms with Crippen molar-refractivity contribution in [1.82, 2.24) is 30.6 Å². The van der Waals surface area contributed by atoms with Crippen molar-refractivity contribution in [1.29, 1.82) is 0 Å². The smallest absolute Gasteiger partial charge is 0.123 e. The Morgan fingerprint density at radius 2 is 1.15 bits per heavy atom. The molecule has 2 aromatic carbocycles. The van der Waals surface area contributed by atoms with Crippen LogP contribution in [0.3, 0.4) is 0 Å². The van der Waals surface area contributed by atoms with Crippen LogP contribution in [-0.2, 0) is 0 Å². The van der Waals surface area contributed by atoms with E-state index in [1.54, 1.807) is 0 Å². The Balaban J connectivity index is 1.15. The van der Waals surface area contributed by atoms with Gasteiger partial charge in [0.25, 0.3) is 0 Å². The molecule has 2 aliphatic heterocycles. The minimum Gasteiger partial charge on any atom is -0.392 e. The Morgan fingerprint density at radius 1 is 0.676 bits per heavy atom. The lowest BCUT2D eigenvalue weighted by Crippen LogP contribution is -2.15. The number of rotatable bonds is 5. The van der Waals surface area contributed by atoms with Crippen LogP contribution < -0.4 is 10.6 Å². The molecule has 174 valence electrons. The maximum Gasteiger partial charge on any atom is 0.123 e. The summed E-state index contributed by atoms with van der Waals surface area (Å²) in [5.41, 5.74) is 6.62. The van der Waals surface area contributed by atoms with E-state index in [4.69, 9.17) is 0 Å². The van der Waals surface area contributed by atoms with Gasteiger partial charge in [0, 0.05) is 6.54 Å². The normalized spacial score (nSPS) is 24.6. The predicted octanol–water partition coefficient (Wildman–Crippen LogP) is 4.20. The molecule has 34 heavy (non-hydrogen) atoms. The minimum absolute atomic E-state index is 0.0884. The molecule has 0 unspecified atom stereocenters. The van der Waals surface area contributed by atoms with E-state index in [0.29, 0.717) is 24.9 Å². The molecule has 6 rings (SSSR count). The number of hydrogen-bond acceptors (Lipinski definition) is 5. The zero-order valence-electron chi connectivity index (χ0n) is 19.3. The number of nitrogens with zero attached hydrogens (tertiary/aromatic N) is 2. The molecule has 0 saturated carbocycles. The SMILES string of the molecule is C[C@@H]1CN[C@H](c2ncc(-c3ccc(-c4ccc(-c5cnc([C@@H]6C[C@H](O)CN6)[nH]5)cc4)cc3)[nH]2)C1. The second-order valence-corrected chi connectivity index (χ2v) is 9.67. The molecule has 2 aliphatic rings. The number of aromatic amines is 2. The van der Waals surface area contributed by atoms with Crippen molar-refractivity contribution < 1.29 is 5.11 Å². The van der Waals surface area contributed by atoms with Gasteiger partial charge >= 0.3 is 0 Å². The Morgan fingerprint density at radius 3 is 1.59 bits per heavy atom. The van der Waals surface area contributed by atoms with Crippen molar-refractivity contribution >= 4 is 0 Å². The fraction of sp³-hybridized carbons (Fsp3) is 0.333. The second kappa shape index (κ2) is 8.83. The third kappa shape index (κ3) is 4.18. The lowest BCUT2D eigenvalue weighted by Gasteiger charge is -2.07. The summed E-state index contributed by atoms with van der Waals surface area (Å²) in [5.74, 6) is 2.60. The lowest BCUT2D eigenvalue weighted by molar-refractivity contribution is 0.193. The molecular formula is C27H30N6O. The van der Waals surface area contributed by atoms with Gasteiger partial charge in [-0.05, 0) is 47.6 Å². The first-order valence-electron chi connectivity index (χ1n) is 12.1. The summed E-state index contributed by atoms with van der Waals surface area (Å²) in [6.45, 7) is 3.94. The van der Waals surface area contributed by atoms with Gasteiger partial charge in [0.15, 0.2) is 0 Å². The van der Waals surface area contributed by atoms with Crippen LogP contribution in [0, 0.1) is 5.92 Å². The molecule has 5 N–H and O–H groups in total. The number of aliphatic hydroxyl groups is 1. The topological polar surface area (TPSA) is 102 Å². The van der Waals surface area contributed by atoms with Gasteiger partial charge in [-0.15, -0.1) is 0 Å². The van der Waals surface area contributed by atoms with Crippen LogP contribution >= 0.6 is 0 Å². The molecule has 0 aliphatic carbocycles. The van der Waals surface area contributed by atoms with Crippen molar-refractivity contribution in [2.45, 2.75) is 38.0 Å². The highest BCUT2D eigenvalue weighted by Crippen LogP contribution is 2.30. The first kappa shape index (κ1) is 21.3. The summed E-state index contributed by atoms with van der Waals surface area (Å²) < 4.78 is 0. The number of aromatic nitrogens is 4. The number of aliphatic hydroxyl groups excluding tert-OH is 1. The molecule has 0 amide bonds. The predicted molar refractivity (Wildman–Crippen MR) is 133 cm³/mol. The number of benzene rings is 2. The van der Waals surface area contributed by atoms with Crippen molar-refractivity contribution in [3.63, 3.8) is 0 Å².